The molecule has 1 N–H and O–H groups in total. The summed E-state index contributed by atoms with van der Waals surface area (Å²) in [7, 11) is 3.69. The van der Waals surface area contributed by atoms with E-state index in [1.807, 2.05) is 21.0 Å². The zero-order valence-corrected chi connectivity index (χ0v) is 12.5. The maximum absolute atomic E-state index is 11.9. The van der Waals surface area contributed by atoms with Gasteiger partial charge in [-0.2, -0.15) is 0 Å². The van der Waals surface area contributed by atoms with Gasteiger partial charge in [-0.25, -0.2) is 4.98 Å². The van der Waals surface area contributed by atoms with Gasteiger partial charge in [0.05, 0.1) is 10.6 Å². The van der Waals surface area contributed by atoms with Gasteiger partial charge in [-0.1, -0.05) is 18.3 Å². The summed E-state index contributed by atoms with van der Waals surface area (Å²) < 4.78 is 0. The van der Waals surface area contributed by atoms with Crippen LogP contribution in [0.3, 0.4) is 0 Å². The van der Waals surface area contributed by atoms with E-state index in [1.165, 1.54) is 17.4 Å². The monoisotopic (exact) mass is 281 g/mol. The second-order valence-electron chi connectivity index (χ2n) is 4.38. The Morgan fingerprint density at radius 1 is 1.42 bits per heavy atom. The smallest absolute Gasteiger partial charge is 0.226 e. The van der Waals surface area contributed by atoms with E-state index in [2.05, 4.69) is 10.3 Å². The Hall–Kier alpha value is -1.69. The van der Waals surface area contributed by atoms with Gasteiger partial charge in [0.25, 0.3) is 0 Å². The number of carbonyl (C=O) groups excluding carboxylic acids is 2. The number of rotatable bonds is 6. The first-order valence-electron chi connectivity index (χ1n) is 6.10. The second kappa shape index (κ2) is 7.04. The zero-order chi connectivity index (χ0) is 14.4. The summed E-state index contributed by atoms with van der Waals surface area (Å²) in [6, 6.07) is 0. The van der Waals surface area contributed by atoms with Gasteiger partial charge >= 0.3 is 0 Å². The predicted octanol–water partition coefficient (Wildman–Crippen LogP) is 2.45. The second-order valence-corrected chi connectivity index (χ2v) is 5.37. The van der Waals surface area contributed by atoms with Crippen LogP contribution in [0.1, 0.15) is 35.1 Å². The van der Waals surface area contributed by atoms with E-state index < -0.39 is 0 Å². The lowest BCUT2D eigenvalue weighted by Gasteiger charge is -2.01. The first kappa shape index (κ1) is 15.4. The van der Waals surface area contributed by atoms with Crippen LogP contribution < -0.4 is 5.32 Å². The average molecular weight is 281 g/mol. The third-order valence-electron chi connectivity index (χ3n) is 2.27. The van der Waals surface area contributed by atoms with E-state index in [0.717, 1.165) is 6.42 Å². The van der Waals surface area contributed by atoms with Crippen molar-refractivity contribution in [2.75, 3.05) is 19.4 Å². The molecule has 1 heterocycles. The molecule has 0 fully saturated rings. The average Bonchev–Trinajstić information content (AvgIpc) is 2.67. The molecule has 1 aromatic heterocycles. The molecule has 0 aliphatic carbocycles. The van der Waals surface area contributed by atoms with Crippen LogP contribution in [0.15, 0.2) is 12.3 Å². The number of nitrogens with one attached hydrogen (secondary N) is 1. The van der Waals surface area contributed by atoms with Crippen LogP contribution in [-0.4, -0.2) is 35.7 Å². The van der Waals surface area contributed by atoms with Crippen molar-refractivity contribution in [3.05, 3.63) is 22.8 Å². The van der Waals surface area contributed by atoms with Gasteiger partial charge in [0, 0.05) is 32.8 Å². The normalized spacial score (nSPS) is 10.7. The minimum atomic E-state index is -0.0975. The number of aryl methyl sites for hydroxylation is 1. The Kier molecular flexibility index (Phi) is 5.69. The summed E-state index contributed by atoms with van der Waals surface area (Å²) in [5, 5.41) is 3.19. The summed E-state index contributed by atoms with van der Waals surface area (Å²) >= 11 is 1.21. The lowest BCUT2D eigenvalue weighted by atomic mass is 10.3. The number of hydrogen-bond acceptors (Lipinski definition) is 5. The molecular weight excluding hydrogens is 262 g/mol. The van der Waals surface area contributed by atoms with Crippen molar-refractivity contribution in [1.82, 2.24) is 9.88 Å². The van der Waals surface area contributed by atoms with Crippen LogP contribution in [0.4, 0.5) is 5.13 Å². The van der Waals surface area contributed by atoms with Crippen LogP contribution in [0.2, 0.25) is 0 Å². The molecule has 0 aliphatic rings. The fourth-order valence-corrected chi connectivity index (χ4v) is 2.28. The minimum absolute atomic E-state index is 0.0703. The van der Waals surface area contributed by atoms with Crippen molar-refractivity contribution in [3.8, 4) is 0 Å². The van der Waals surface area contributed by atoms with E-state index >= 15 is 0 Å². The molecule has 1 amide bonds. The highest BCUT2D eigenvalue weighted by Crippen LogP contribution is 2.23. The number of aromatic nitrogens is 1. The number of thiazole rings is 1. The van der Waals surface area contributed by atoms with Gasteiger partial charge in [-0.3, -0.25) is 9.59 Å². The Morgan fingerprint density at radius 3 is 2.68 bits per heavy atom. The fourth-order valence-electron chi connectivity index (χ4n) is 1.38. The van der Waals surface area contributed by atoms with Crippen molar-refractivity contribution < 1.29 is 9.59 Å². The molecule has 5 nitrogen and oxygen atoms in total. The molecule has 0 saturated carbocycles. The standard InChI is InChI=1S/C13H19N3O2S/c1-5-6-11(18)15-13-14-9(2)12(19-13)10(17)7-8-16(3)4/h7-8H,5-6H2,1-4H3,(H,14,15,18). The minimum Gasteiger partial charge on any atom is -0.383 e. The molecule has 0 radical (unpaired) electrons. The molecule has 1 rings (SSSR count). The van der Waals surface area contributed by atoms with E-state index in [1.54, 1.807) is 18.0 Å². The van der Waals surface area contributed by atoms with Crippen LogP contribution in [-0.2, 0) is 4.79 Å². The van der Waals surface area contributed by atoms with Gasteiger partial charge in [0.1, 0.15) is 0 Å². The third-order valence-corrected chi connectivity index (χ3v) is 3.36. The first-order valence-corrected chi connectivity index (χ1v) is 6.92. The third kappa shape index (κ3) is 4.82. The highest BCUT2D eigenvalue weighted by atomic mass is 32.1. The lowest BCUT2D eigenvalue weighted by molar-refractivity contribution is -0.116. The largest absolute Gasteiger partial charge is 0.383 e. The molecule has 0 aromatic carbocycles. The van der Waals surface area contributed by atoms with E-state index in [9.17, 15) is 9.59 Å². The van der Waals surface area contributed by atoms with Crippen LogP contribution in [0, 0.1) is 6.92 Å². The van der Waals surface area contributed by atoms with Gasteiger partial charge in [-0.15, -0.1) is 0 Å². The Morgan fingerprint density at radius 2 is 2.11 bits per heavy atom. The number of amides is 1. The van der Waals surface area contributed by atoms with Crippen LogP contribution in [0.5, 0.6) is 0 Å². The number of allylic oxidation sites excluding steroid dienone is 1. The number of anilines is 1. The number of ketones is 1. The highest BCUT2D eigenvalue weighted by molar-refractivity contribution is 7.17. The fraction of sp³-hybridized carbons (Fsp3) is 0.462. The molecular formula is C13H19N3O2S. The predicted molar refractivity (Wildman–Crippen MR) is 77.5 cm³/mol. The number of carbonyl (C=O) groups is 2. The summed E-state index contributed by atoms with van der Waals surface area (Å²) in [6.45, 7) is 3.70. The van der Waals surface area contributed by atoms with E-state index in [4.69, 9.17) is 0 Å². The Balaban J connectivity index is 2.79. The quantitative estimate of drug-likeness (QED) is 0.642. The molecule has 1 aromatic rings. The Labute approximate surface area is 117 Å². The molecule has 0 aliphatic heterocycles. The zero-order valence-electron chi connectivity index (χ0n) is 11.7. The van der Waals surface area contributed by atoms with Crippen molar-refractivity contribution in [1.29, 1.82) is 0 Å². The molecule has 104 valence electrons. The highest BCUT2D eigenvalue weighted by Gasteiger charge is 2.14. The maximum atomic E-state index is 11.9. The SMILES string of the molecule is CCCC(=O)Nc1nc(C)c(C(=O)C=CN(C)C)s1. The molecule has 0 saturated heterocycles. The topological polar surface area (TPSA) is 62.3 Å². The van der Waals surface area contributed by atoms with Crippen molar-refractivity contribution in [3.63, 3.8) is 0 Å². The maximum Gasteiger partial charge on any atom is 0.226 e. The van der Waals surface area contributed by atoms with Gasteiger partial charge in [0.15, 0.2) is 10.9 Å². The van der Waals surface area contributed by atoms with Gasteiger partial charge in [-0.05, 0) is 13.3 Å². The van der Waals surface area contributed by atoms with Gasteiger partial charge < -0.3 is 10.2 Å². The van der Waals surface area contributed by atoms with Crippen molar-refractivity contribution in [2.45, 2.75) is 26.7 Å². The van der Waals surface area contributed by atoms with Gasteiger partial charge in [0.2, 0.25) is 5.91 Å². The number of nitrogens with zero attached hydrogens (tertiary/aromatic N) is 2. The Bertz CT molecular complexity index is 492. The van der Waals surface area contributed by atoms with Crippen molar-refractivity contribution >= 4 is 28.2 Å². The lowest BCUT2D eigenvalue weighted by Crippen LogP contribution is -2.10. The van der Waals surface area contributed by atoms with Crippen LogP contribution >= 0.6 is 11.3 Å². The molecule has 0 atom stereocenters. The summed E-state index contributed by atoms with van der Waals surface area (Å²) in [6.07, 6.45) is 4.44. The summed E-state index contributed by atoms with van der Waals surface area (Å²) in [5.41, 5.74) is 0.644. The number of hydrogen-bond donors (Lipinski definition) is 1. The summed E-state index contributed by atoms with van der Waals surface area (Å²) in [4.78, 5) is 30.0. The van der Waals surface area contributed by atoms with E-state index in [-0.39, 0.29) is 11.7 Å². The van der Waals surface area contributed by atoms with Crippen molar-refractivity contribution in [2.24, 2.45) is 0 Å². The van der Waals surface area contributed by atoms with Crippen LogP contribution in [0.25, 0.3) is 0 Å². The molecule has 0 spiro atoms. The first-order chi connectivity index (χ1) is 8.93. The molecule has 0 bridgehead atoms. The summed E-state index contributed by atoms with van der Waals surface area (Å²) in [5.74, 6) is -0.168. The molecule has 0 unspecified atom stereocenters. The molecule has 19 heavy (non-hydrogen) atoms. The van der Waals surface area contributed by atoms with E-state index in [0.29, 0.717) is 22.1 Å². The molecule has 6 heteroatoms.